The average Bonchev–Trinajstić information content (AvgIpc) is 3.25. The maximum Gasteiger partial charge on any atom is 0.337 e. The lowest BCUT2D eigenvalue weighted by Crippen LogP contribution is -2.49. The molecule has 9 nitrogen and oxygen atoms in total. The van der Waals surface area contributed by atoms with E-state index in [1.165, 1.54) is 32.4 Å². The highest BCUT2D eigenvalue weighted by Crippen LogP contribution is 2.22. The van der Waals surface area contributed by atoms with Gasteiger partial charge in [0.2, 0.25) is 11.8 Å². The lowest BCUT2D eigenvalue weighted by atomic mass is 10.1. The Hall–Kier alpha value is -2.59. The van der Waals surface area contributed by atoms with E-state index in [2.05, 4.69) is 5.32 Å². The maximum atomic E-state index is 12.9. The summed E-state index contributed by atoms with van der Waals surface area (Å²) in [5.41, 5.74) is 0.527. The molecule has 1 aromatic rings. The molecule has 0 aliphatic carbocycles. The summed E-state index contributed by atoms with van der Waals surface area (Å²) in [6.07, 6.45) is 1.59. The van der Waals surface area contributed by atoms with Crippen LogP contribution in [0.1, 0.15) is 33.6 Å². The molecule has 2 aliphatic heterocycles. The van der Waals surface area contributed by atoms with E-state index < -0.39 is 11.9 Å². The van der Waals surface area contributed by atoms with Crippen molar-refractivity contribution >= 4 is 41.2 Å². The van der Waals surface area contributed by atoms with Crippen LogP contribution in [0.5, 0.6) is 0 Å². The molecule has 1 N–H and O–H groups in total. The molecule has 1 atom stereocenters. The van der Waals surface area contributed by atoms with Crippen LogP contribution in [-0.2, 0) is 19.1 Å². The number of nitrogens with zero attached hydrogens (tertiary/aromatic N) is 2. The molecule has 3 rings (SSSR count). The van der Waals surface area contributed by atoms with Crippen molar-refractivity contribution in [3.63, 3.8) is 0 Å². The number of amides is 2. The first-order valence-corrected chi connectivity index (χ1v) is 11.3. The van der Waals surface area contributed by atoms with Gasteiger partial charge in [-0.2, -0.15) is 11.8 Å². The number of carbonyl (C=O) groups excluding carboxylic acids is 4. The van der Waals surface area contributed by atoms with E-state index in [0.717, 1.165) is 37.4 Å². The number of methoxy groups -OCH3 is 2. The number of benzene rings is 1. The number of ether oxygens (including phenoxy) is 2. The van der Waals surface area contributed by atoms with Gasteiger partial charge in [-0.25, -0.2) is 9.59 Å². The standard InChI is InChI=1S/C21H27N3O6S/c1-29-20(27)14-10-15(21(28)30-2)12-16(11-14)22-18(25)13-24-5-3-4-17(24)19(26)23-6-8-31-9-7-23/h10-12,17H,3-9,13H2,1-2H3,(H,22,25). The highest BCUT2D eigenvalue weighted by atomic mass is 32.2. The molecule has 168 valence electrons. The van der Waals surface area contributed by atoms with Gasteiger partial charge in [-0.3, -0.25) is 14.5 Å². The molecule has 2 amide bonds. The van der Waals surface area contributed by atoms with E-state index in [9.17, 15) is 19.2 Å². The fraction of sp³-hybridized carbons (Fsp3) is 0.524. The molecule has 1 unspecified atom stereocenters. The van der Waals surface area contributed by atoms with Crippen LogP contribution in [-0.4, -0.2) is 91.5 Å². The Balaban J connectivity index is 1.68. The number of likely N-dealkylation sites (tertiary alicyclic amines) is 1. The summed E-state index contributed by atoms with van der Waals surface area (Å²) in [6.45, 7) is 2.21. The Morgan fingerprint density at radius 2 is 1.61 bits per heavy atom. The first kappa shape index (κ1) is 23.1. The molecule has 10 heteroatoms. The number of nitrogens with one attached hydrogen (secondary N) is 1. The van der Waals surface area contributed by atoms with Crippen LogP contribution in [0.25, 0.3) is 0 Å². The van der Waals surface area contributed by atoms with E-state index in [4.69, 9.17) is 9.47 Å². The van der Waals surface area contributed by atoms with E-state index in [0.29, 0.717) is 6.54 Å². The van der Waals surface area contributed by atoms with E-state index >= 15 is 0 Å². The van der Waals surface area contributed by atoms with Crippen molar-refractivity contribution in [1.29, 1.82) is 0 Å². The SMILES string of the molecule is COC(=O)c1cc(NC(=O)CN2CCCC2C(=O)N2CCSCC2)cc(C(=O)OC)c1. The highest BCUT2D eigenvalue weighted by molar-refractivity contribution is 7.99. The summed E-state index contributed by atoms with van der Waals surface area (Å²) < 4.78 is 9.43. The van der Waals surface area contributed by atoms with Crippen molar-refractivity contribution in [3.8, 4) is 0 Å². The third kappa shape index (κ3) is 5.76. The van der Waals surface area contributed by atoms with Crippen molar-refractivity contribution in [2.24, 2.45) is 0 Å². The summed E-state index contributed by atoms with van der Waals surface area (Å²) in [5, 5.41) is 2.72. The zero-order valence-corrected chi connectivity index (χ0v) is 18.5. The second kappa shape index (κ2) is 10.6. The Labute approximate surface area is 185 Å². The Morgan fingerprint density at radius 3 is 2.19 bits per heavy atom. The van der Waals surface area contributed by atoms with Crippen molar-refractivity contribution in [3.05, 3.63) is 29.3 Å². The fourth-order valence-corrected chi connectivity index (χ4v) is 4.75. The third-order valence-corrected chi connectivity index (χ3v) is 6.32. The Kier molecular flexibility index (Phi) is 7.91. The molecular formula is C21H27N3O6S. The maximum absolute atomic E-state index is 12.9. The van der Waals surface area contributed by atoms with Crippen molar-refractivity contribution in [2.45, 2.75) is 18.9 Å². The number of rotatable bonds is 6. The summed E-state index contributed by atoms with van der Waals surface area (Å²) >= 11 is 1.84. The van der Waals surface area contributed by atoms with E-state index in [1.54, 1.807) is 0 Å². The van der Waals surface area contributed by atoms with Gasteiger partial charge in [0.25, 0.3) is 0 Å². The molecule has 0 spiro atoms. The van der Waals surface area contributed by atoms with Gasteiger partial charge in [-0.15, -0.1) is 0 Å². The topological polar surface area (TPSA) is 105 Å². The minimum atomic E-state index is -0.633. The first-order chi connectivity index (χ1) is 14.9. The van der Waals surface area contributed by atoms with Crippen molar-refractivity contribution < 1.29 is 28.7 Å². The van der Waals surface area contributed by atoms with Gasteiger partial charge in [0.1, 0.15) is 0 Å². The number of hydrogen-bond acceptors (Lipinski definition) is 8. The zero-order valence-electron chi connectivity index (χ0n) is 17.7. The van der Waals surface area contributed by atoms with Gasteiger partial charge in [-0.05, 0) is 37.6 Å². The molecule has 1 aromatic carbocycles. The molecule has 0 aromatic heterocycles. The van der Waals surface area contributed by atoms with Gasteiger partial charge in [-0.1, -0.05) is 0 Å². The zero-order chi connectivity index (χ0) is 22.4. The first-order valence-electron chi connectivity index (χ1n) is 10.1. The van der Waals surface area contributed by atoms with Gasteiger partial charge in [0.05, 0.1) is 37.9 Å². The highest BCUT2D eigenvalue weighted by Gasteiger charge is 2.35. The van der Waals surface area contributed by atoms with Crippen LogP contribution < -0.4 is 5.32 Å². The monoisotopic (exact) mass is 449 g/mol. The molecule has 0 radical (unpaired) electrons. The summed E-state index contributed by atoms with van der Waals surface area (Å²) in [6, 6.07) is 3.93. The lowest BCUT2D eigenvalue weighted by molar-refractivity contribution is -0.136. The van der Waals surface area contributed by atoms with Crippen molar-refractivity contribution in [1.82, 2.24) is 9.80 Å². The van der Waals surface area contributed by atoms with Crippen LogP contribution in [0.4, 0.5) is 5.69 Å². The predicted molar refractivity (Wildman–Crippen MR) is 116 cm³/mol. The molecule has 0 bridgehead atoms. The van der Waals surface area contributed by atoms with Gasteiger partial charge in [0.15, 0.2) is 0 Å². The fourth-order valence-electron chi connectivity index (χ4n) is 3.85. The van der Waals surface area contributed by atoms with Crippen LogP contribution >= 0.6 is 11.8 Å². The molecule has 2 aliphatic rings. The molecule has 2 fully saturated rings. The van der Waals surface area contributed by atoms with Crippen LogP contribution in [0.3, 0.4) is 0 Å². The second-order valence-corrected chi connectivity index (χ2v) is 8.62. The minimum absolute atomic E-state index is 0.0506. The van der Waals surface area contributed by atoms with Crippen molar-refractivity contribution in [2.75, 3.05) is 57.2 Å². The number of hydrogen-bond donors (Lipinski definition) is 1. The second-order valence-electron chi connectivity index (χ2n) is 7.40. The largest absolute Gasteiger partial charge is 0.465 e. The van der Waals surface area contributed by atoms with E-state index in [1.807, 2.05) is 21.6 Å². The number of esters is 2. The van der Waals surface area contributed by atoms with Crippen LogP contribution in [0.2, 0.25) is 0 Å². The molecule has 0 saturated carbocycles. The predicted octanol–water partition coefficient (Wildman–Crippen LogP) is 1.24. The van der Waals surface area contributed by atoms with Crippen LogP contribution in [0, 0.1) is 0 Å². The molecule has 31 heavy (non-hydrogen) atoms. The third-order valence-electron chi connectivity index (χ3n) is 5.38. The van der Waals surface area contributed by atoms with Gasteiger partial charge >= 0.3 is 11.9 Å². The summed E-state index contributed by atoms with van der Waals surface area (Å²) in [5.74, 6) is 0.381. The molecular weight excluding hydrogens is 422 g/mol. The summed E-state index contributed by atoms with van der Waals surface area (Å²) in [4.78, 5) is 53.2. The lowest BCUT2D eigenvalue weighted by Gasteiger charge is -2.32. The minimum Gasteiger partial charge on any atom is -0.465 e. The number of anilines is 1. The van der Waals surface area contributed by atoms with Gasteiger partial charge in [0, 0.05) is 30.3 Å². The Bertz CT molecular complexity index is 821. The molecule has 2 heterocycles. The number of thioether (sulfide) groups is 1. The number of carbonyl (C=O) groups is 4. The van der Waals surface area contributed by atoms with E-state index in [-0.39, 0.29) is 41.2 Å². The van der Waals surface area contributed by atoms with Gasteiger partial charge < -0.3 is 19.7 Å². The summed E-state index contributed by atoms with van der Waals surface area (Å²) in [7, 11) is 2.47. The quantitative estimate of drug-likeness (QED) is 0.647. The normalized spacial score (nSPS) is 19.0. The Morgan fingerprint density at radius 1 is 1.00 bits per heavy atom. The average molecular weight is 450 g/mol. The van der Waals surface area contributed by atoms with Crippen LogP contribution in [0.15, 0.2) is 18.2 Å². The smallest absolute Gasteiger partial charge is 0.337 e. The molecule has 2 saturated heterocycles.